The van der Waals surface area contributed by atoms with Crippen molar-refractivity contribution in [1.82, 2.24) is 15.3 Å². The molecule has 9 heteroatoms. The molecule has 26 heavy (non-hydrogen) atoms. The van der Waals surface area contributed by atoms with Gasteiger partial charge in [-0.2, -0.15) is 0 Å². The summed E-state index contributed by atoms with van der Waals surface area (Å²) in [7, 11) is -2.89. The van der Waals surface area contributed by atoms with E-state index in [1.807, 2.05) is 0 Å². The van der Waals surface area contributed by atoms with E-state index in [4.69, 9.17) is 0 Å². The molecule has 2 aromatic heterocycles. The molecule has 7 nitrogen and oxygen atoms in total. The SMILES string of the molecule is CC(=O)NCCN(c1ccc(-c2c[nH]c3cc(F)ccc23)cn1)[SH](=O)=O. The van der Waals surface area contributed by atoms with Crippen LogP contribution in [0.25, 0.3) is 22.0 Å². The van der Waals surface area contributed by atoms with Crippen LogP contribution in [0.15, 0.2) is 42.7 Å². The molecule has 3 aromatic rings. The highest BCUT2D eigenvalue weighted by atomic mass is 32.2. The van der Waals surface area contributed by atoms with Gasteiger partial charge >= 0.3 is 0 Å². The van der Waals surface area contributed by atoms with Gasteiger partial charge in [-0.05, 0) is 30.3 Å². The molecule has 2 heterocycles. The summed E-state index contributed by atoms with van der Waals surface area (Å²) in [4.78, 5) is 18.1. The lowest BCUT2D eigenvalue weighted by Gasteiger charge is -2.16. The molecule has 0 aliphatic carbocycles. The first-order valence-electron chi connectivity index (χ1n) is 7.85. The smallest absolute Gasteiger partial charge is 0.226 e. The summed E-state index contributed by atoms with van der Waals surface area (Å²) in [5.74, 6) is -0.292. The van der Waals surface area contributed by atoms with Gasteiger partial charge < -0.3 is 10.3 Å². The molecule has 136 valence electrons. The number of nitrogens with zero attached hydrogens (tertiary/aromatic N) is 2. The number of carbonyl (C=O) groups excluding carboxylic acids is 1. The summed E-state index contributed by atoms with van der Waals surface area (Å²) < 4.78 is 37.3. The predicted octanol–water partition coefficient (Wildman–Crippen LogP) is 1.84. The number of thiol groups is 1. The number of pyridine rings is 1. The van der Waals surface area contributed by atoms with Gasteiger partial charge in [-0.1, -0.05) is 0 Å². The molecule has 0 atom stereocenters. The molecule has 0 unspecified atom stereocenters. The monoisotopic (exact) mass is 376 g/mol. The quantitative estimate of drug-likeness (QED) is 0.572. The Morgan fingerprint density at radius 2 is 2.12 bits per heavy atom. The predicted molar refractivity (Wildman–Crippen MR) is 97.8 cm³/mol. The minimum absolute atomic E-state index is 0.0942. The first-order valence-corrected chi connectivity index (χ1v) is 8.98. The molecular weight excluding hydrogens is 359 g/mol. The zero-order chi connectivity index (χ0) is 18.7. The van der Waals surface area contributed by atoms with E-state index in [1.54, 1.807) is 30.6 Å². The van der Waals surface area contributed by atoms with Crippen molar-refractivity contribution in [2.45, 2.75) is 6.92 Å². The van der Waals surface area contributed by atoms with E-state index in [1.165, 1.54) is 19.1 Å². The Bertz CT molecular complexity index is 1010. The third kappa shape index (κ3) is 3.83. The van der Waals surface area contributed by atoms with Crippen LogP contribution in [0.2, 0.25) is 0 Å². The van der Waals surface area contributed by atoms with Crippen LogP contribution in [0, 0.1) is 5.82 Å². The third-order valence-electron chi connectivity index (χ3n) is 3.86. The van der Waals surface area contributed by atoms with E-state index in [2.05, 4.69) is 15.3 Å². The van der Waals surface area contributed by atoms with Crippen molar-refractivity contribution >= 4 is 33.5 Å². The van der Waals surface area contributed by atoms with Gasteiger partial charge in [0, 0.05) is 47.9 Å². The highest BCUT2D eigenvalue weighted by Gasteiger charge is 2.12. The second kappa shape index (κ2) is 7.52. The fraction of sp³-hybridized carbons (Fsp3) is 0.176. The number of carbonyl (C=O) groups is 1. The van der Waals surface area contributed by atoms with Crippen molar-refractivity contribution in [2.75, 3.05) is 17.4 Å². The number of halogens is 1. The molecule has 0 aliphatic rings. The summed E-state index contributed by atoms with van der Waals surface area (Å²) in [6.45, 7) is 1.65. The number of anilines is 1. The maximum absolute atomic E-state index is 13.3. The van der Waals surface area contributed by atoms with E-state index >= 15 is 0 Å². The third-order valence-corrected chi connectivity index (χ3v) is 4.66. The summed E-state index contributed by atoms with van der Waals surface area (Å²) in [6, 6.07) is 7.81. The van der Waals surface area contributed by atoms with Crippen LogP contribution in [0.4, 0.5) is 10.2 Å². The van der Waals surface area contributed by atoms with Crippen molar-refractivity contribution in [2.24, 2.45) is 0 Å². The van der Waals surface area contributed by atoms with Crippen molar-refractivity contribution in [1.29, 1.82) is 0 Å². The van der Waals surface area contributed by atoms with E-state index in [-0.39, 0.29) is 30.6 Å². The number of benzene rings is 1. The number of hydrogen-bond donors (Lipinski definition) is 3. The fourth-order valence-electron chi connectivity index (χ4n) is 2.65. The summed E-state index contributed by atoms with van der Waals surface area (Å²) in [5.41, 5.74) is 2.29. The number of aromatic nitrogens is 2. The minimum Gasteiger partial charge on any atom is -0.360 e. The zero-order valence-corrected chi connectivity index (χ0v) is 14.8. The van der Waals surface area contributed by atoms with Crippen molar-refractivity contribution in [3.8, 4) is 11.1 Å². The summed E-state index contributed by atoms with van der Waals surface area (Å²) in [6.07, 6.45) is 3.31. The molecule has 1 aromatic carbocycles. The minimum atomic E-state index is -2.89. The Morgan fingerprint density at radius 3 is 2.77 bits per heavy atom. The molecule has 0 saturated heterocycles. The van der Waals surface area contributed by atoms with Gasteiger partial charge in [0.1, 0.15) is 11.6 Å². The number of H-pyrrole nitrogens is 1. The maximum Gasteiger partial charge on any atom is 0.226 e. The van der Waals surface area contributed by atoms with Gasteiger partial charge in [0.25, 0.3) is 0 Å². The number of rotatable bonds is 6. The summed E-state index contributed by atoms with van der Waals surface area (Å²) in [5, 5.41) is 3.39. The molecule has 0 fully saturated rings. The Hall–Kier alpha value is -2.94. The topological polar surface area (TPSA) is 95.2 Å². The number of hydrogen-bond acceptors (Lipinski definition) is 4. The average Bonchev–Trinajstić information content (AvgIpc) is 3.01. The van der Waals surface area contributed by atoms with Gasteiger partial charge in [0.05, 0.1) is 6.54 Å². The Labute approximate surface area is 150 Å². The number of aromatic amines is 1. The van der Waals surface area contributed by atoms with Crippen molar-refractivity contribution in [3.63, 3.8) is 0 Å². The molecule has 0 bridgehead atoms. The van der Waals surface area contributed by atoms with Crippen LogP contribution in [0.5, 0.6) is 0 Å². The zero-order valence-electron chi connectivity index (χ0n) is 13.9. The Balaban J connectivity index is 1.85. The highest BCUT2D eigenvalue weighted by molar-refractivity contribution is 7.74. The van der Waals surface area contributed by atoms with E-state index in [0.29, 0.717) is 5.52 Å². The molecule has 0 spiro atoms. The van der Waals surface area contributed by atoms with Gasteiger partial charge in [-0.3, -0.25) is 9.10 Å². The molecular formula is C17H17FN4O3S. The Morgan fingerprint density at radius 1 is 1.31 bits per heavy atom. The lowest BCUT2D eigenvalue weighted by atomic mass is 10.1. The van der Waals surface area contributed by atoms with E-state index in [9.17, 15) is 17.6 Å². The first kappa shape index (κ1) is 17.9. The molecule has 0 saturated carbocycles. The van der Waals surface area contributed by atoms with Crippen LogP contribution in [0.1, 0.15) is 6.92 Å². The van der Waals surface area contributed by atoms with Crippen LogP contribution < -0.4 is 9.62 Å². The molecule has 3 rings (SSSR count). The number of fused-ring (bicyclic) bond motifs is 1. The van der Waals surface area contributed by atoms with Crippen molar-refractivity contribution < 1.29 is 17.6 Å². The molecule has 1 amide bonds. The van der Waals surface area contributed by atoms with Crippen LogP contribution in [0.3, 0.4) is 0 Å². The van der Waals surface area contributed by atoms with Crippen LogP contribution in [-0.2, 0) is 15.7 Å². The largest absolute Gasteiger partial charge is 0.360 e. The van der Waals surface area contributed by atoms with Gasteiger partial charge in [0.15, 0.2) is 0 Å². The van der Waals surface area contributed by atoms with Crippen LogP contribution >= 0.6 is 0 Å². The average molecular weight is 376 g/mol. The number of nitrogens with one attached hydrogen (secondary N) is 2. The Kier molecular flexibility index (Phi) is 5.17. The van der Waals surface area contributed by atoms with Crippen LogP contribution in [-0.4, -0.2) is 37.4 Å². The summed E-state index contributed by atoms with van der Waals surface area (Å²) >= 11 is 0. The maximum atomic E-state index is 13.3. The van der Waals surface area contributed by atoms with Gasteiger partial charge in [0.2, 0.25) is 16.8 Å². The molecule has 2 N–H and O–H groups in total. The second-order valence-electron chi connectivity index (χ2n) is 5.64. The highest BCUT2D eigenvalue weighted by Crippen LogP contribution is 2.29. The fourth-order valence-corrected chi connectivity index (χ4v) is 3.20. The van der Waals surface area contributed by atoms with Crippen molar-refractivity contribution in [3.05, 3.63) is 48.5 Å². The van der Waals surface area contributed by atoms with Gasteiger partial charge in [-0.15, -0.1) is 0 Å². The normalized spacial score (nSPS) is 11.0. The number of amides is 1. The lowest BCUT2D eigenvalue weighted by molar-refractivity contribution is -0.118. The van der Waals surface area contributed by atoms with E-state index in [0.717, 1.165) is 20.8 Å². The lowest BCUT2D eigenvalue weighted by Crippen LogP contribution is -2.33. The molecule has 0 radical (unpaired) electrons. The molecule has 0 aliphatic heterocycles. The first-order chi connectivity index (χ1) is 12.5. The second-order valence-corrected chi connectivity index (χ2v) is 6.60. The standard InChI is InChI=1S/C17H17FN4O3S/c1-11(23)19-6-7-22(26(24)25)17-5-2-12(9-21-17)15-10-20-16-8-13(18)3-4-14(15)16/h2-5,8-10,20,26H,6-7H2,1H3,(H,19,23). The van der Waals surface area contributed by atoms with E-state index < -0.39 is 10.9 Å². The van der Waals surface area contributed by atoms with Gasteiger partial charge in [-0.25, -0.2) is 17.8 Å².